The maximum Gasteiger partial charge on any atom is 0.254 e. The van der Waals surface area contributed by atoms with E-state index in [9.17, 15) is 9.59 Å². The average molecular weight is 352 g/mol. The van der Waals surface area contributed by atoms with Crippen LogP contribution < -0.4 is 0 Å². The molecule has 1 saturated heterocycles. The molecule has 1 atom stereocenters. The Bertz CT molecular complexity index is 778. The number of piperazine rings is 1. The number of amides is 2. The van der Waals surface area contributed by atoms with Crippen molar-refractivity contribution in [3.05, 3.63) is 48.3 Å². The highest BCUT2D eigenvalue weighted by atomic mass is 16.2. The summed E-state index contributed by atoms with van der Waals surface area (Å²) in [4.78, 5) is 37.6. The van der Waals surface area contributed by atoms with Crippen molar-refractivity contribution in [3.8, 4) is 11.4 Å². The van der Waals surface area contributed by atoms with E-state index in [1.807, 2.05) is 12.1 Å². The van der Waals surface area contributed by atoms with Crippen LogP contribution in [0.1, 0.15) is 36.5 Å². The van der Waals surface area contributed by atoms with Gasteiger partial charge in [0.15, 0.2) is 5.82 Å². The standard InChI is InChI=1S/C20H24N4O2/c1-3-4-9-17-20(26)23(2)12-13-24(17)19(25)16-8-5-7-15(14-16)18-21-10-6-11-22-18/h5-8,10-11,14,17H,3-4,9,12-13H2,1-2H3/t17-/m0/s1. The highest BCUT2D eigenvalue weighted by Gasteiger charge is 2.35. The van der Waals surface area contributed by atoms with E-state index in [0.29, 0.717) is 30.9 Å². The first-order valence-electron chi connectivity index (χ1n) is 9.05. The van der Waals surface area contributed by atoms with Crippen molar-refractivity contribution < 1.29 is 9.59 Å². The smallest absolute Gasteiger partial charge is 0.254 e. The van der Waals surface area contributed by atoms with E-state index < -0.39 is 0 Å². The van der Waals surface area contributed by atoms with E-state index in [1.165, 1.54) is 0 Å². The fraction of sp³-hybridized carbons (Fsp3) is 0.400. The van der Waals surface area contributed by atoms with E-state index in [-0.39, 0.29) is 17.9 Å². The van der Waals surface area contributed by atoms with Gasteiger partial charge in [-0.1, -0.05) is 31.9 Å². The molecule has 1 fully saturated rings. The zero-order chi connectivity index (χ0) is 18.5. The van der Waals surface area contributed by atoms with Gasteiger partial charge >= 0.3 is 0 Å². The first-order chi connectivity index (χ1) is 12.6. The van der Waals surface area contributed by atoms with Gasteiger partial charge in [-0.3, -0.25) is 9.59 Å². The van der Waals surface area contributed by atoms with E-state index in [4.69, 9.17) is 0 Å². The van der Waals surface area contributed by atoms with Crippen LogP contribution in [0.4, 0.5) is 0 Å². The van der Waals surface area contributed by atoms with Gasteiger partial charge in [0.2, 0.25) is 5.91 Å². The molecule has 0 bridgehead atoms. The molecule has 26 heavy (non-hydrogen) atoms. The first-order valence-corrected chi connectivity index (χ1v) is 9.05. The minimum absolute atomic E-state index is 0.0283. The number of hydrogen-bond donors (Lipinski definition) is 0. The summed E-state index contributed by atoms with van der Waals surface area (Å²) in [6.45, 7) is 3.21. The molecule has 6 nitrogen and oxygen atoms in total. The van der Waals surface area contributed by atoms with Crippen LogP contribution in [0, 0.1) is 0 Å². The molecule has 0 N–H and O–H groups in total. The normalized spacial score (nSPS) is 17.5. The second-order valence-corrected chi connectivity index (χ2v) is 6.57. The Morgan fingerprint density at radius 3 is 2.69 bits per heavy atom. The largest absolute Gasteiger partial charge is 0.342 e. The highest BCUT2D eigenvalue weighted by molar-refractivity contribution is 5.98. The molecule has 1 aliphatic rings. The highest BCUT2D eigenvalue weighted by Crippen LogP contribution is 2.21. The molecule has 1 aromatic carbocycles. The summed E-state index contributed by atoms with van der Waals surface area (Å²) in [6.07, 6.45) is 5.97. The number of carbonyl (C=O) groups is 2. The van der Waals surface area contributed by atoms with Gasteiger partial charge in [0.1, 0.15) is 6.04 Å². The third-order valence-electron chi connectivity index (χ3n) is 4.74. The number of likely N-dealkylation sites (N-methyl/N-ethyl adjacent to an activating group) is 1. The minimum atomic E-state index is -0.377. The fourth-order valence-corrected chi connectivity index (χ4v) is 3.24. The Kier molecular flexibility index (Phi) is 5.61. The third-order valence-corrected chi connectivity index (χ3v) is 4.74. The summed E-state index contributed by atoms with van der Waals surface area (Å²) in [5, 5.41) is 0. The molecular formula is C20H24N4O2. The third kappa shape index (κ3) is 3.74. The maximum absolute atomic E-state index is 13.1. The van der Waals surface area contributed by atoms with Crippen molar-refractivity contribution in [3.63, 3.8) is 0 Å². The predicted octanol–water partition coefficient (Wildman–Crippen LogP) is 2.62. The van der Waals surface area contributed by atoms with E-state index in [0.717, 1.165) is 18.4 Å². The molecule has 0 unspecified atom stereocenters. The van der Waals surface area contributed by atoms with E-state index >= 15 is 0 Å². The van der Waals surface area contributed by atoms with Crippen molar-refractivity contribution in [1.29, 1.82) is 0 Å². The number of unbranched alkanes of at least 4 members (excludes halogenated alkanes) is 1. The summed E-state index contributed by atoms with van der Waals surface area (Å²) in [5.41, 5.74) is 1.36. The van der Waals surface area contributed by atoms with Gasteiger partial charge in [-0.05, 0) is 24.6 Å². The van der Waals surface area contributed by atoms with Crippen LogP contribution in [0.15, 0.2) is 42.7 Å². The molecule has 0 spiro atoms. The maximum atomic E-state index is 13.1. The molecule has 2 heterocycles. The summed E-state index contributed by atoms with van der Waals surface area (Å²) < 4.78 is 0. The lowest BCUT2D eigenvalue weighted by molar-refractivity contribution is -0.138. The molecule has 1 aromatic heterocycles. The van der Waals surface area contributed by atoms with Crippen LogP contribution in [0.3, 0.4) is 0 Å². The quantitative estimate of drug-likeness (QED) is 0.830. The average Bonchev–Trinajstić information content (AvgIpc) is 2.69. The van der Waals surface area contributed by atoms with Crippen LogP contribution in [-0.2, 0) is 4.79 Å². The number of benzene rings is 1. The molecule has 2 amide bonds. The van der Waals surface area contributed by atoms with E-state index in [1.54, 1.807) is 47.4 Å². The summed E-state index contributed by atoms with van der Waals surface area (Å²) in [7, 11) is 1.80. The Morgan fingerprint density at radius 1 is 1.19 bits per heavy atom. The number of nitrogens with zero attached hydrogens (tertiary/aromatic N) is 4. The van der Waals surface area contributed by atoms with Crippen molar-refractivity contribution in [2.45, 2.75) is 32.2 Å². The second kappa shape index (κ2) is 8.08. The molecule has 2 aromatic rings. The molecule has 0 saturated carbocycles. The van der Waals surface area contributed by atoms with Gasteiger partial charge in [0, 0.05) is 43.7 Å². The Morgan fingerprint density at radius 2 is 1.96 bits per heavy atom. The lowest BCUT2D eigenvalue weighted by Crippen LogP contribution is -2.57. The summed E-state index contributed by atoms with van der Waals surface area (Å²) in [6, 6.07) is 8.68. The Labute approximate surface area is 153 Å². The molecule has 0 aliphatic carbocycles. The Hall–Kier alpha value is -2.76. The van der Waals surface area contributed by atoms with Crippen molar-refractivity contribution in [2.24, 2.45) is 0 Å². The molecule has 3 rings (SSSR count). The van der Waals surface area contributed by atoms with Crippen molar-refractivity contribution in [2.75, 3.05) is 20.1 Å². The number of carbonyl (C=O) groups excluding carboxylic acids is 2. The van der Waals surface area contributed by atoms with Crippen molar-refractivity contribution in [1.82, 2.24) is 19.8 Å². The van der Waals surface area contributed by atoms with Crippen LogP contribution >= 0.6 is 0 Å². The monoisotopic (exact) mass is 352 g/mol. The number of rotatable bonds is 5. The van der Waals surface area contributed by atoms with Crippen LogP contribution in [-0.4, -0.2) is 57.8 Å². The van der Waals surface area contributed by atoms with Gasteiger partial charge in [-0.25, -0.2) is 9.97 Å². The van der Waals surface area contributed by atoms with Crippen LogP contribution in [0.2, 0.25) is 0 Å². The van der Waals surface area contributed by atoms with Gasteiger partial charge in [0.05, 0.1) is 0 Å². The van der Waals surface area contributed by atoms with Crippen molar-refractivity contribution >= 4 is 11.8 Å². The fourth-order valence-electron chi connectivity index (χ4n) is 3.24. The zero-order valence-electron chi connectivity index (χ0n) is 15.3. The zero-order valence-corrected chi connectivity index (χ0v) is 15.3. The number of hydrogen-bond acceptors (Lipinski definition) is 4. The predicted molar refractivity (Wildman–Crippen MR) is 99.5 cm³/mol. The van der Waals surface area contributed by atoms with E-state index in [2.05, 4.69) is 16.9 Å². The lowest BCUT2D eigenvalue weighted by atomic mass is 10.0. The van der Waals surface area contributed by atoms with Gasteiger partial charge < -0.3 is 9.80 Å². The molecule has 0 radical (unpaired) electrons. The van der Waals surface area contributed by atoms with Crippen LogP contribution in [0.5, 0.6) is 0 Å². The molecular weight excluding hydrogens is 328 g/mol. The number of aromatic nitrogens is 2. The Balaban J connectivity index is 1.86. The summed E-state index contributed by atoms with van der Waals surface area (Å²) >= 11 is 0. The molecule has 1 aliphatic heterocycles. The molecule has 6 heteroatoms. The first kappa shape index (κ1) is 18.0. The molecule has 136 valence electrons. The minimum Gasteiger partial charge on any atom is -0.342 e. The topological polar surface area (TPSA) is 66.4 Å². The van der Waals surface area contributed by atoms with Gasteiger partial charge in [0.25, 0.3) is 5.91 Å². The van der Waals surface area contributed by atoms with Gasteiger partial charge in [-0.15, -0.1) is 0 Å². The lowest BCUT2D eigenvalue weighted by Gasteiger charge is -2.39. The summed E-state index contributed by atoms with van der Waals surface area (Å²) in [5.74, 6) is 0.505. The van der Waals surface area contributed by atoms with Crippen LogP contribution in [0.25, 0.3) is 11.4 Å². The second-order valence-electron chi connectivity index (χ2n) is 6.57. The SMILES string of the molecule is CCCC[C@H]1C(=O)N(C)CCN1C(=O)c1cccc(-c2ncccn2)c1. The van der Waals surface area contributed by atoms with Gasteiger partial charge in [-0.2, -0.15) is 0 Å².